The van der Waals surface area contributed by atoms with Crippen molar-refractivity contribution in [3.8, 4) is 0 Å². The minimum Gasteiger partial charge on any atom is -0.337 e. The molecule has 0 aliphatic carbocycles. The molecule has 0 N–H and O–H groups in total. The van der Waals surface area contributed by atoms with Crippen LogP contribution in [0.15, 0.2) is 60.9 Å². The van der Waals surface area contributed by atoms with Crippen LogP contribution < -0.4 is 0 Å². The number of hydrogen-bond acceptors (Lipinski definition) is 2. The van der Waals surface area contributed by atoms with Gasteiger partial charge in [-0.1, -0.05) is 18.2 Å². The third kappa shape index (κ3) is 4.09. The van der Waals surface area contributed by atoms with E-state index in [9.17, 15) is 13.6 Å². The van der Waals surface area contributed by atoms with E-state index >= 15 is 0 Å². The molecule has 0 unspecified atom stereocenters. The average Bonchev–Trinajstić information content (AvgIpc) is 3.10. The molecule has 128 valence electrons. The molecular formula is C19H17F2N3O. The van der Waals surface area contributed by atoms with E-state index in [1.165, 1.54) is 17.0 Å². The lowest BCUT2D eigenvalue weighted by atomic mass is 10.1. The zero-order valence-electron chi connectivity index (χ0n) is 13.7. The first kappa shape index (κ1) is 16.8. The summed E-state index contributed by atoms with van der Waals surface area (Å²) >= 11 is 0. The predicted molar refractivity (Wildman–Crippen MR) is 89.9 cm³/mol. The van der Waals surface area contributed by atoms with E-state index in [0.29, 0.717) is 12.1 Å². The number of hydrogen-bond donors (Lipinski definition) is 0. The first-order valence-electron chi connectivity index (χ1n) is 7.78. The van der Waals surface area contributed by atoms with Gasteiger partial charge in [0.25, 0.3) is 5.91 Å². The van der Waals surface area contributed by atoms with Crippen molar-refractivity contribution in [1.29, 1.82) is 0 Å². The van der Waals surface area contributed by atoms with Crippen LogP contribution in [0.2, 0.25) is 0 Å². The summed E-state index contributed by atoms with van der Waals surface area (Å²) in [4.78, 5) is 13.9. The molecule has 4 nitrogen and oxygen atoms in total. The first-order valence-corrected chi connectivity index (χ1v) is 7.78. The lowest BCUT2D eigenvalue weighted by molar-refractivity contribution is 0.0784. The molecule has 0 atom stereocenters. The van der Waals surface area contributed by atoms with Crippen molar-refractivity contribution in [1.82, 2.24) is 14.7 Å². The molecule has 0 aliphatic heterocycles. The lowest BCUT2D eigenvalue weighted by Crippen LogP contribution is -2.26. The Bertz CT molecular complexity index is 861. The molecule has 0 saturated heterocycles. The van der Waals surface area contributed by atoms with Crippen molar-refractivity contribution in [2.24, 2.45) is 0 Å². The highest BCUT2D eigenvalue weighted by Gasteiger charge is 2.14. The smallest absolute Gasteiger partial charge is 0.253 e. The molecule has 0 radical (unpaired) electrons. The largest absolute Gasteiger partial charge is 0.337 e. The molecule has 2 aromatic carbocycles. The van der Waals surface area contributed by atoms with Crippen LogP contribution >= 0.6 is 0 Å². The summed E-state index contributed by atoms with van der Waals surface area (Å²) in [5.41, 5.74) is 1.80. The van der Waals surface area contributed by atoms with E-state index in [4.69, 9.17) is 0 Å². The molecule has 1 amide bonds. The fraction of sp³-hybridized carbons (Fsp3) is 0.158. The van der Waals surface area contributed by atoms with Gasteiger partial charge in [-0.2, -0.15) is 5.10 Å². The van der Waals surface area contributed by atoms with Crippen molar-refractivity contribution in [3.63, 3.8) is 0 Å². The molecule has 0 aliphatic rings. The zero-order chi connectivity index (χ0) is 17.8. The monoisotopic (exact) mass is 341 g/mol. The Hall–Kier alpha value is -3.02. The Labute approximate surface area is 144 Å². The molecule has 0 fully saturated rings. The number of benzene rings is 2. The standard InChI is InChI=1S/C19H17F2N3O/c1-23(13-16-7-8-17(20)11-18(16)21)19(25)15-5-3-14(4-6-15)12-24-10-2-9-22-24/h2-11H,12-13H2,1H3. The summed E-state index contributed by atoms with van der Waals surface area (Å²) in [6.07, 6.45) is 3.57. The molecule has 0 bridgehead atoms. The Balaban J connectivity index is 1.67. The van der Waals surface area contributed by atoms with Crippen LogP contribution in [0, 0.1) is 11.6 Å². The van der Waals surface area contributed by atoms with E-state index in [1.807, 2.05) is 24.4 Å². The molecule has 0 spiro atoms. The summed E-state index contributed by atoms with van der Waals surface area (Å²) in [6.45, 7) is 0.693. The van der Waals surface area contributed by atoms with Crippen molar-refractivity contribution < 1.29 is 13.6 Å². The zero-order valence-corrected chi connectivity index (χ0v) is 13.7. The Morgan fingerprint density at radius 3 is 2.56 bits per heavy atom. The minimum atomic E-state index is -0.658. The molecule has 1 aromatic heterocycles. The maximum Gasteiger partial charge on any atom is 0.253 e. The topological polar surface area (TPSA) is 38.1 Å². The summed E-state index contributed by atoms with van der Waals surface area (Å²) in [7, 11) is 1.59. The minimum absolute atomic E-state index is 0.0694. The molecule has 1 heterocycles. The van der Waals surface area contributed by atoms with Gasteiger partial charge in [-0.05, 0) is 29.8 Å². The number of aromatic nitrogens is 2. The maximum atomic E-state index is 13.7. The lowest BCUT2D eigenvalue weighted by Gasteiger charge is -2.18. The highest BCUT2D eigenvalue weighted by molar-refractivity contribution is 5.94. The number of halogens is 2. The fourth-order valence-corrected chi connectivity index (χ4v) is 2.53. The quantitative estimate of drug-likeness (QED) is 0.713. The van der Waals surface area contributed by atoms with Gasteiger partial charge >= 0.3 is 0 Å². The van der Waals surface area contributed by atoms with Gasteiger partial charge in [-0.3, -0.25) is 9.48 Å². The van der Waals surface area contributed by atoms with Gasteiger partial charge in [-0.15, -0.1) is 0 Å². The van der Waals surface area contributed by atoms with Crippen molar-refractivity contribution in [3.05, 3.63) is 89.2 Å². The molecule has 6 heteroatoms. The van der Waals surface area contributed by atoms with Crippen LogP contribution in [0.3, 0.4) is 0 Å². The van der Waals surface area contributed by atoms with Gasteiger partial charge in [0.2, 0.25) is 0 Å². The van der Waals surface area contributed by atoms with Gasteiger partial charge in [0.1, 0.15) is 11.6 Å². The average molecular weight is 341 g/mol. The fourth-order valence-electron chi connectivity index (χ4n) is 2.53. The molecule has 3 aromatic rings. The second-order valence-electron chi connectivity index (χ2n) is 5.80. The van der Waals surface area contributed by atoms with Gasteiger partial charge in [0.15, 0.2) is 0 Å². The second-order valence-corrected chi connectivity index (χ2v) is 5.80. The van der Waals surface area contributed by atoms with E-state index in [1.54, 1.807) is 30.1 Å². The molecule has 25 heavy (non-hydrogen) atoms. The van der Waals surface area contributed by atoms with Gasteiger partial charge in [-0.25, -0.2) is 8.78 Å². The summed E-state index contributed by atoms with van der Waals surface area (Å²) in [6, 6.07) is 12.4. The maximum absolute atomic E-state index is 13.7. The Kier molecular flexibility index (Phi) is 4.88. The van der Waals surface area contributed by atoms with Crippen LogP contribution in [0.5, 0.6) is 0 Å². The Morgan fingerprint density at radius 1 is 1.16 bits per heavy atom. The van der Waals surface area contributed by atoms with Crippen LogP contribution in [-0.2, 0) is 13.1 Å². The number of carbonyl (C=O) groups is 1. The highest BCUT2D eigenvalue weighted by Crippen LogP contribution is 2.14. The van der Waals surface area contributed by atoms with E-state index < -0.39 is 11.6 Å². The third-order valence-corrected chi connectivity index (χ3v) is 3.87. The number of nitrogens with zero attached hydrogens (tertiary/aromatic N) is 3. The molecule has 0 saturated carbocycles. The summed E-state index contributed by atoms with van der Waals surface area (Å²) < 4.78 is 28.5. The van der Waals surface area contributed by atoms with Crippen LogP contribution in [0.1, 0.15) is 21.5 Å². The molecule has 3 rings (SSSR count). The third-order valence-electron chi connectivity index (χ3n) is 3.87. The predicted octanol–water partition coefficient (Wildman–Crippen LogP) is 3.48. The van der Waals surface area contributed by atoms with Crippen LogP contribution in [0.25, 0.3) is 0 Å². The summed E-state index contributed by atoms with van der Waals surface area (Å²) in [5, 5.41) is 4.14. The Morgan fingerprint density at radius 2 is 1.92 bits per heavy atom. The van der Waals surface area contributed by atoms with E-state index in [0.717, 1.165) is 11.6 Å². The SMILES string of the molecule is CN(Cc1ccc(F)cc1F)C(=O)c1ccc(Cn2cccn2)cc1. The normalized spacial score (nSPS) is 10.7. The van der Waals surface area contributed by atoms with Crippen molar-refractivity contribution >= 4 is 5.91 Å². The number of amides is 1. The summed E-state index contributed by atoms with van der Waals surface area (Å²) in [5.74, 6) is -1.52. The second kappa shape index (κ2) is 7.25. The van der Waals surface area contributed by atoms with Crippen molar-refractivity contribution in [2.45, 2.75) is 13.1 Å². The van der Waals surface area contributed by atoms with Crippen LogP contribution in [-0.4, -0.2) is 27.6 Å². The van der Waals surface area contributed by atoms with Crippen molar-refractivity contribution in [2.75, 3.05) is 7.05 Å². The van der Waals surface area contributed by atoms with Gasteiger partial charge in [0.05, 0.1) is 6.54 Å². The molecular weight excluding hydrogens is 324 g/mol. The highest BCUT2D eigenvalue weighted by atomic mass is 19.1. The van der Waals surface area contributed by atoms with Gasteiger partial charge in [0, 0.05) is 43.2 Å². The van der Waals surface area contributed by atoms with E-state index in [2.05, 4.69) is 5.10 Å². The number of rotatable bonds is 5. The van der Waals surface area contributed by atoms with Gasteiger partial charge < -0.3 is 4.90 Å². The van der Waals surface area contributed by atoms with Crippen LogP contribution in [0.4, 0.5) is 8.78 Å². The first-order chi connectivity index (χ1) is 12.0. The number of carbonyl (C=O) groups excluding carboxylic acids is 1. The van der Waals surface area contributed by atoms with E-state index in [-0.39, 0.29) is 18.0 Å².